The fraction of sp³-hybridized carbons (Fsp3) is 0.200. The summed E-state index contributed by atoms with van der Waals surface area (Å²) in [6, 6.07) is 56.4. The first-order valence-corrected chi connectivity index (χ1v) is 19.2. The van der Waals surface area contributed by atoms with Gasteiger partial charge in [0.1, 0.15) is 11.2 Å². The molecule has 3 aliphatic rings. The lowest BCUT2D eigenvalue weighted by Gasteiger charge is -2.53. The summed E-state index contributed by atoms with van der Waals surface area (Å²) >= 11 is 0. The molecule has 7 aromatic carbocycles. The van der Waals surface area contributed by atoms with Crippen molar-refractivity contribution in [3.05, 3.63) is 163 Å². The molecule has 2 nitrogen and oxygen atoms in total. The minimum Gasteiger partial charge on any atom is -0.456 e. The van der Waals surface area contributed by atoms with Gasteiger partial charge in [-0.25, -0.2) is 0 Å². The van der Waals surface area contributed by atoms with Gasteiger partial charge in [-0.15, -0.1) is 0 Å². The molecule has 2 bridgehead atoms. The van der Waals surface area contributed by atoms with Crippen molar-refractivity contribution >= 4 is 49.8 Å². The zero-order valence-electron chi connectivity index (χ0n) is 29.6. The zero-order chi connectivity index (χ0) is 34.4. The second-order valence-electron chi connectivity index (χ2n) is 15.7. The van der Waals surface area contributed by atoms with E-state index >= 15 is 0 Å². The highest BCUT2D eigenvalue weighted by Gasteiger charge is 2.55. The fourth-order valence-corrected chi connectivity index (χ4v) is 11.0. The van der Waals surface area contributed by atoms with Crippen molar-refractivity contribution in [2.75, 3.05) is 4.90 Å². The van der Waals surface area contributed by atoms with Crippen molar-refractivity contribution in [2.24, 2.45) is 17.8 Å². The molecule has 0 radical (unpaired) electrons. The molecule has 4 unspecified atom stereocenters. The summed E-state index contributed by atoms with van der Waals surface area (Å²) < 4.78 is 6.14. The Balaban J connectivity index is 1.08. The smallest absolute Gasteiger partial charge is 0.135 e. The Morgan fingerprint density at radius 2 is 1.29 bits per heavy atom. The van der Waals surface area contributed by atoms with E-state index in [1.165, 1.54) is 76.5 Å². The molecule has 0 N–H and O–H groups in total. The number of benzene rings is 7. The number of para-hydroxylation sites is 1. The zero-order valence-corrected chi connectivity index (χ0v) is 29.6. The minimum atomic E-state index is 0.0586. The number of furan rings is 1. The van der Waals surface area contributed by atoms with Gasteiger partial charge in [-0.1, -0.05) is 123 Å². The molecule has 3 aliphatic carbocycles. The summed E-state index contributed by atoms with van der Waals surface area (Å²) in [6.07, 6.45) is 6.77. The van der Waals surface area contributed by atoms with Crippen LogP contribution in [0.2, 0.25) is 0 Å². The molecule has 0 saturated heterocycles. The quantitative estimate of drug-likeness (QED) is 0.185. The second-order valence-corrected chi connectivity index (χ2v) is 15.7. The summed E-state index contributed by atoms with van der Waals surface area (Å²) in [7, 11) is 0. The first kappa shape index (κ1) is 30.1. The molecule has 52 heavy (non-hydrogen) atoms. The van der Waals surface area contributed by atoms with Crippen molar-refractivity contribution in [1.82, 2.24) is 0 Å². The second kappa shape index (κ2) is 11.5. The average Bonchev–Trinajstić information content (AvgIpc) is 3.71. The van der Waals surface area contributed by atoms with Crippen LogP contribution < -0.4 is 4.90 Å². The maximum absolute atomic E-state index is 6.14. The number of fused-ring (bicyclic) bond motifs is 12. The molecule has 2 heteroatoms. The maximum atomic E-state index is 6.14. The predicted molar refractivity (Wildman–Crippen MR) is 217 cm³/mol. The summed E-state index contributed by atoms with van der Waals surface area (Å²) in [5.41, 5.74) is 13.9. The van der Waals surface area contributed by atoms with Gasteiger partial charge in [-0.2, -0.15) is 0 Å². The highest BCUT2D eigenvalue weighted by Crippen LogP contribution is 2.64. The van der Waals surface area contributed by atoms with Crippen LogP contribution in [0.4, 0.5) is 17.1 Å². The Bertz CT molecular complexity index is 2660. The van der Waals surface area contributed by atoms with E-state index in [0.29, 0.717) is 11.8 Å². The van der Waals surface area contributed by atoms with Crippen LogP contribution in [0.5, 0.6) is 0 Å². The van der Waals surface area contributed by atoms with Crippen molar-refractivity contribution < 1.29 is 4.42 Å². The molecule has 1 aromatic heterocycles. The largest absolute Gasteiger partial charge is 0.456 e. The Morgan fingerprint density at radius 3 is 2.21 bits per heavy atom. The Labute approximate surface area is 305 Å². The normalized spacial score (nSPS) is 21.8. The van der Waals surface area contributed by atoms with Gasteiger partial charge < -0.3 is 9.32 Å². The van der Waals surface area contributed by atoms with E-state index in [4.69, 9.17) is 4.42 Å². The molecule has 2 fully saturated rings. The van der Waals surface area contributed by atoms with Crippen LogP contribution in [-0.2, 0) is 5.41 Å². The molecule has 4 atom stereocenters. The van der Waals surface area contributed by atoms with E-state index in [-0.39, 0.29) is 5.41 Å². The van der Waals surface area contributed by atoms with Gasteiger partial charge in [-0.3, -0.25) is 0 Å². The lowest BCUT2D eigenvalue weighted by atomic mass is 9.51. The van der Waals surface area contributed by atoms with E-state index in [1.54, 1.807) is 11.1 Å². The average molecular weight is 672 g/mol. The Morgan fingerprint density at radius 1 is 0.558 bits per heavy atom. The molecular weight excluding hydrogens is 631 g/mol. The third-order valence-electron chi connectivity index (χ3n) is 13.1. The van der Waals surface area contributed by atoms with Crippen molar-refractivity contribution in [2.45, 2.75) is 44.4 Å². The van der Waals surface area contributed by atoms with Gasteiger partial charge in [-0.05, 0) is 124 Å². The fourth-order valence-electron chi connectivity index (χ4n) is 11.0. The third-order valence-corrected chi connectivity index (χ3v) is 13.1. The monoisotopic (exact) mass is 671 g/mol. The predicted octanol–water partition coefficient (Wildman–Crippen LogP) is 14.0. The molecule has 252 valence electrons. The molecule has 0 aliphatic heterocycles. The highest BCUT2D eigenvalue weighted by atomic mass is 16.3. The lowest BCUT2D eigenvalue weighted by molar-refractivity contribution is 0.0670. The van der Waals surface area contributed by atoms with Crippen LogP contribution in [0, 0.1) is 17.8 Å². The Kier molecular flexibility index (Phi) is 6.62. The third kappa shape index (κ3) is 4.30. The van der Waals surface area contributed by atoms with Gasteiger partial charge in [0.15, 0.2) is 0 Å². The van der Waals surface area contributed by atoms with E-state index in [1.807, 2.05) is 12.1 Å². The first-order chi connectivity index (χ1) is 25.7. The number of hydrogen-bond acceptors (Lipinski definition) is 2. The van der Waals surface area contributed by atoms with Crippen molar-refractivity contribution in [1.29, 1.82) is 0 Å². The van der Waals surface area contributed by atoms with E-state index in [0.717, 1.165) is 33.5 Å². The first-order valence-electron chi connectivity index (χ1n) is 19.2. The van der Waals surface area contributed by atoms with E-state index in [9.17, 15) is 0 Å². The molecule has 11 rings (SSSR count). The van der Waals surface area contributed by atoms with Gasteiger partial charge in [0.05, 0.1) is 5.69 Å². The number of anilines is 3. The summed E-state index contributed by atoms with van der Waals surface area (Å²) in [5, 5.41) is 4.82. The van der Waals surface area contributed by atoms with Crippen LogP contribution in [0.15, 0.2) is 156 Å². The van der Waals surface area contributed by atoms with Crippen molar-refractivity contribution in [3.8, 4) is 22.3 Å². The van der Waals surface area contributed by atoms with E-state index < -0.39 is 0 Å². The topological polar surface area (TPSA) is 16.4 Å². The Hall–Kier alpha value is -5.60. The lowest BCUT2D eigenvalue weighted by Crippen LogP contribution is -2.48. The summed E-state index contributed by atoms with van der Waals surface area (Å²) in [5.74, 6) is 2.16. The van der Waals surface area contributed by atoms with E-state index in [2.05, 4.69) is 151 Å². The molecule has 0 amide bonds. The number of rotatable bonds is 4. The molecule has 8 aromatic rings. The van der Waals surface area contributed by atoms with Gasteiger partial charge in [0, 0.05) is 32.9 Å². The molecule has 1 heterocycles. The number of nitrogens with zero attached hydrogens (tertiary/aromatic N) is 1. The van der Waals surface area contributed by atoms with Crippen LogP contribution in [0.25, 0.3) is 55.0 Å². The summed E-state index contributed by atoms with van der Waals surface area (Å²) in [4.78, 5) is 2.51. The molecular formula is C50H41NO. The standard InChI is InChI=1S/C50H41NO/c1-32-28-33-10-8-13-37(29-33)50(32)45-17-6-4-15-41(45)42-26-25-39(31-46(42)50)51(47-18-9-12-35-11-2-3-14-40(35)47)38-23-20-34(21-24-38)36-22-27-49-44(30-36)43-16-5-7-19-48(43)52-49/h2-7,9,11-12,14-27,30-33,37H,8,10,13,28-29H2,1H3. The minimum absolute atomic E-state index is 0.0586. The van der Waals surface area contributed by atoms with Gasteiger partial charge >= 0.3 is 0 Å². The van der Waals surface area contributed by atoms with Crippen molar-refractivity contribution in [3.63, 3.8) is 0 Å². The van der Waals surface area contributed by atoms with Crippen LogP contribution >= 0.6 is 0 Å². The van der Waals surface area contributed by atoms with Crippen LogP contribution in [0.1, 0.15) is 50.2 Å². The molecule has 1 spiro atoms. The van der Waals surface area contributed by atoms with Gasteiger partial charge in [0.2, 0.25) is 0 Å². The summed E-state index contributed by atoms with van der Waals surface area (Å²) in [6.45, 7) is 2.56. The highest BCUT2D eigenvalue weighted by molar-refractivity contribution is 6.06. The SMILES string of the molecule is CC1CC2CCCC(C2)C12c1ccccc1-c1ccc(N(c3ccc(-c4ccc5oc6ccccc6c5c4)cc3)c3cccc4ccccc34)cc12. The maximum Gasteiger partial charge on any atom is 0.135 e. The van der Waals surface area contributed by atoms with Gasteiger partial charge in [0.25, 0.3) is 0 Å². The molecule has 2 saturated carbocycles. The number of hydrogen-bond donors (Lipinski definition) is 0. The van der Waals surface area contributed by atoms with Crippen LogP contribution in [-0.4, -0.2) is 0 Å². The van der Waals surface area contributed by atoms with Crippen LogP contribution in [0.3, 0.4) is 0 Å².